The van der Waals surface area contributed by atoms with E-state index in [0.717, 1.165) is 5.56 Å². The molecule has 0 aliphatic rings. The van der Waals surface area contributed by atoms with Crippen molar-refractivity contribution in [3.8, 4) is 5.75 Å². The van der Waals surface area contributed by atoms with E-state index in [1.807, 2.05) is 6.92 Å². The molecule has 2 aromatic rings. The molecule has 1 atom stereocenters. The molecule has 0 bridgehead atoms. The standard InChI is InChI=1S/C19H20FNO4/c1-2-16(25-17-5-3-4-15(20)11-17)12-21-18(22)10-13-6-8-14(9-7-13)19(23)24/h3-9,11,16H,2,10,12H2,1H3,(H,21,22)(H,23,24). The molecule has 5 nitrogen and oxygen atoms in total. The Bertz CT molecular complexity index is 730. The van der Waals surface area contributed by atoms with E-state index in [2.05, 4.69) is 5.32 Å². The number of hydrogen-bond donors (Lipinski definition) is 2. The molecule has 0 fully saturated rings. The molecule has 1 amide bonds. The van der Waals surface area contributed by atoms with Gasteiger partial charge in [0.1, 0.15) is 17.7 Å². The Morgan fingerprint density at radius 3 is 2.52 bits per heavy atom. The first-order chi connectivity index (χ1) is 12.0. The Kier molecular flexibility index (Phi) is 6.51. The first-order valence-electron chi connectivity index (χ1n) is 7.99. The zero-order chi connectivity index (χ0) is 18.2. The van der Waals surface area contributed by atoms with Crippen LogP contribution in [0.25, 0.3) is 0 Å². The molecule has 0 saturated heterocycles. The molecule has 0 radical (unpaired) electrons. The van der Waals surface area contributed by atoms with Crippen molar-refractivity contribution in [3.63, 3.8) is 0 Å². The minimum Gasteiger partial charge on any atom is -0.489 e. The van der Waals surface area contributed by atoms with Crippen LogP contribution in [-0.2, 0) is 11.2 Å². The fourth-order valence-electron chi connectivity index (χ4n) is 2.24. The molecule has 2 N–H and O–H groups in total. The van der Waals surface area contributed by atoms with Gasteiger partial charge >= 0.3 is 5.97 Å². The fourth-order valence-corrected chi connectivity index (χ4v) is 2.24. The molecular weight excluding hydrogens is 325 g/mol. The number of rotatable bonds is 8. The third-order valence-corrected chi connectivity index (χ3v) is 3.65. The topological polar surface area (TPSA) is 75.6 Å². The van der Waals surface area contributed by atoms with Gasteiger partial charge in [-0.1, -0.05) is 25.1 Å². The molecule has 0 saturated carbocycles. The summed E-state index contributed by atoms with van der Waals surface area (Å²) in [4.78, 5) is 22.8. The first-order valence-corrected chi connectivity index (χ1v) is 7.99. The van der Waals surface area contributed by atoms with E-state index >= 15 is 0 Å². The maximum absolute atomic E-state index is 13.2. The monoisotopic (exact) mass is 345 g/mol. The van der Waals surface area contributed by atoms with Crippen molar-refractivity contribution in [2.24, 2.45) is 0 Å². The Labute approximate surface area is 145 Å². The molecule has 2 aromatic carbocycles. The molecule has 0 heterocycles. The molecule has 0 aliphatic carbocycles. The van der Waals surface area contributed by atoms with E-state index in [4.69, 9.17) is 9.84 Å². The summed E-state index contributed by atoms with van der Waals surface area (Å²) in [6, 6.07) is 12.0. The summed E-state index contributed by atoms with van der Waals surface area (Å²) in [5.74, 6) is -1.15. The van der Waals surface area contributed by atoms with Gasteiger partial charge in [-0.05, 0) is 36.2 Å². The second-order valence-corrected chi connectivity index (χ2v) is 5.59. The van der Waals surface area contributed by atoms with Crippen LogP contribution >= 0.6 is 0 Å². The van der Waals surface area contributed by atoms with Crippen molar-refractivity contribution >= 4 is 11.9 Å². The van der Waals surface area contributed by atoms with Crippen LogP contribution in [-0.4, -0.2) is 29.6 Å². The lowest BCUT2D eigenvalue weighted by Gasteiger charge is -2.18. The summed E-state index contributed by atoms with van der Waals surface area (Å²) < 4.78 is 18.8. The van der Waals surface area contributed by atoms with Crippen molar-refractivity contribution in [2.45, 2.75) is 25.9 Å². The average Bonchev–Trinajstić information content (AvgIpc) is 2.59. The average molecular weight is 345 g/mol. The van der Waals surface area contributed by atoms with Crippen LogP contribution in [0.15, 0.2) is 48.5 Å². The van der Waals surface area contributed by atoms with Gasteiger partial charge in [0.15, 0.2) is 0 Å². The Hall–Kier alpha value is -2.89. The molecule has 2 rings (SSSR count). The van der Waals surface area contributed by atoms with Gasteiger partial charge in [-0.2, -0.15) is 0 Å². The van der Waals surface area contributed by atoms with Crippen molar-refractivity contribution < 1.29 is 23.8 Å². The van der Waals surface area contributed by atoms with E-state index < -0.39 is 5.97 Å². The number of hydrogen-bond acceptors (Lipinski definition) is 3. The lowest BCUT2D eigenvalue weighted by atomic mass is 10.1. The molecule has 132 valence electrons. The van der Waals surface area contributed by atoms with Gasteiger partial charge in [0.05, 0.1) is 18.5 Å². The first kappa shape index (κ1) is 18.4. The molecule has 0 aliphatic heterocycles. The summed E-state index contributed by atoms with van der Waals surface area (Å²) in [5, 5.41) is 11.6. The molecule has 6 heteroatoms. The maximum Gasteiger partial charge on any atom is 0.335 e. The second-order valence-electron chi connectivity index (χ2n) is 5.59. The quantitative estimate of drug-likeness (QED) is 0.771. The van der Waals surface area contributed by atoms with Crippen LogP contribution in [0.4, 0.5) is 4.39 Å². The highest BCUT2D eigenvalue weighted by atomic mass is 19.1. The Morgan fingerprint density at radius 1 is 1.20 bits per heavy atom. The summed E-state index contributed by atoms with van der Waals surface area (Å²) in [5.41, 5.74) is 0.903. The molecule has 0 spiro atoms. The van der Waals surface area contributed by atoms with Gasteiger partial charge in [-0.15, -0.1) is 0 Å². The lowest BCUT2D eigenvalue weighted by Crippen LogP contribution is -2.35. The van der Waals surface area contributed by atoms with Crippen LogP contribution in [0.2, 0.25) is 0 Å². The molecule has 1 unspecified atom stereocenters. The van der Waals surface area contributed by atoms with E-state index in [1.165, 1.54) is 24.3 Å². The Balaban J connectivity index is 1.84. The number of ether oxygens (including phenoxy) is 1. The SMILES string of the molecule is CCC(CNC(=O)Cc1ccc(C(=O)O)cc1)Oc1cccc(F)c1. The number of benzene rings is 2. The zero-order valence-electron chi connectivity index (χ0n) is 13.9. The third kappa shape index (κ3) is 5.91. The fraction of sp³-hybridized carbons (Fsp3) is 0.263. The van der Waals surface area contributed by atoms with Crippen molar-refractivity contribution in [1.29, 1.82) is 0 Å². The summed E-state index contributed by atoms with van der Waals surface area (Å²) in [6.45, 7) is 2.22. The summed E-state index contributed by atoms with van der Waals surface area (Å²) in [6.07, 6.45) is 0.542. The number of carbonyl (C=O) groups is 2. The number of amides is 1. The van der Waals surface area contributed by atoms with E-state index in [-0.39, 0.29) is 29.8 Å². The number of aromatic carboxylic acids is 1. The summed E-state index contributed by atoms with van der Waals surface area (Å²) in [7, 11) is 0. The van der Waals surface area contributed by atoms with Crippen LogP contribution in [0.1, 0.15) is 29.3 Å². The van der Waals surface area contributed by atoms with Gasteiger partial charge in [-0.3, -0.25) is 4.79 Å². The number of carboxylic acid groups (broad SMARTS) is 1. The largest absolute Gasteiger partial charge is 0.489 e. The second kappa shape index (κ2) is 8.82. The van der Waals surface area contributed by atoms with Crippen molar-refractivity contribution in [2.75, 3.05) is 6.54 Å². The number of nitrogens with one attached hydrogen (secondary N) is 1. The van der Waals surface area contributed by atoms with Crippen molar-refractivity contribution in [1.82, 2.24) is 5.32 Å². The van der Waals surface area contributed by atoms with Gasteiger partial charge in [0.25, 0.3) is 0 Å². The van der Waals surface area contributed by atoms with Crippen LogP contribution in [0.3, 0.4) is 0 Å². The van der Waals surface area contributed by atoms with Crippen LogP contribution in [0, 0.1) is 5.82 Å². The van der Waals surface area contributed by atoms with E-state index in [9.17, 15) is 14.0 Å². The predicted molar refractivity (Wildman–Crippen MR) is 91.2 cm³/mol. The van der Waals surface area contributed by atoms with E-state index in [0.29, 0.717) is 18.7 Å². The zero-order valence-corrected chi connectivity index (χ0v) is 13.9. The smallest absolute Gasteiger partial charge is 0.335 e. The predicted octanol–water partition coefficient (Wildman–Crippen LogP) is 3.04. The lowest BCUT2D eigenvalue weighted by molar-refractivity contribution is -0.120. The third-order valence-electron chi connectivity index (χ3n) is 3.65. The normalized spacial score (nSPS) is 11.6. The Morgan fingerprint density at radius 2 is 1.92 bits per heavy atom. The highest BCUT2D eigenvalue weighted by molar-refractivity contribution is 5.87. The highest BCUT2D eigenvalue weighted by Crippen LogP contribution is 2.14. The molecule has 0 aromatic heterocycles. The number of halogens is 1. The minimum absolute atomic E-state index is 0.149. The van der Waals surface area contributed by atoms with Gasteiger partial charge < -0.3 is 15.2 Å². The van der Waals surface area contributed by atoms with E-state index in [1.54, 1.807) is 24.3 Å². The minimum atomic E-state index is -1.00. The van der Waals surface area contributed by atoms with Crippen molar-refractivity contribution in [3.05, 3.63) is 65.5 Å². The number of carbonyl (C=O) groups excluding carboxylic acids is 1. The summed E-state index contributed by atoms with van der Waals surface area (Å²) >= 11 is 0. The van der Waals surface area contributed by atoms with Crippen LogP contribution in [0.5, 0.6) is 5.75 Å². The van der Waals surface area contributed by atoms with Gasteiger partial charge in [-0.25, -0.2) is 9.18 Å². The van der Waals surface area contributed by atoms with Gasteiger partial charge in [0, 0.05) is 6.07 Å². The maximum atomic E-state index is 13.2. The van der Waals surface area contributed by atoms with Gasteiger partial charge in [0.2, 0.25) is 5.91 Å². The van der Waals surface area contributed by atoms with Crippen LogP contribution < -0.4 is 10.1 Å². The number of carboxylic acids is 1. The molecular formula is C19H20FNO4. The highest BCUT2D eigenvalue weighted by Gasteiger charge is 2.11. The molecule has 25 heavy (non-hydrogen) atoms.